The number of methoxy groups -OCH3 is 1. The van der Waals surface area contributed by atoms with E-state index in [1.54, 1.807) is 6.07 Å². The lowest BCUT2D eigenvalue weighted by Gasteiger charge is -2.39. The van der Waals surface area contributed by atoms with Gasteiger partial charge in [0.15, 0.2) is 0 Å². The number of non-ortho nitro benzene ring substituents is 1. The van der Waals surface area contributed by atoms with Crippen molar-refractivity contribution in [1.82, 2.24) is 4.90 Å². The van der Waals surface area contributed by atoms with Crippen LogP contribution in [0.5, 0.6) is 0 Å². The first kappa shape index (κ1) is 16.9. The summed E-state index contributed by atoms with van der Waals surface area (Å²) >= 11 is 0. The Morgan fingerprint density at radius 3 is 2.87 bits per heavy atom. The van der Waals surface area contributed by atoms with Crippen molar-refractivity contribution in [3.05, 3.63) is 39.9 Å². The number of carboxylic acids is 1. The highest BCUT2D eigenvalue weighted by Gasteiger charge is 2.40. The number of piperidine rings is 1. The summed E-state index contributed by atoms with van der Waals surface area (Å²) in [5, 5.41) is 20.4. The standard InChI is InChI=1S/C15H18N2O6/c1-23-8-7-16-13(18)6-5-12(15(19)20)14(16)10-3-2-4-11(9-10)17(21)22/h2-4,9,12,14H,5-8H2,1H3,(H,19,20)/t12-,14+/m0/s1. The van der Waals surface area contributed by atoms with E-state index >= 15 is 0 Å². The van der Waals surface area contributed by atoms with Gasteiger partial charge in [-0.1, -0.05) is 12.1 Å². The quantitative estimate of drug-likeness (QED) is 0.629. The van der Waals surface area contributed by atoms with Crippen molar-refractivity contribution in [2.24, 2.45) is 5.92 Å². The van der Waals surface area contributed by atoms with Gasteiger partial charge in [0.1, 0.15) is 0 Å². The van der Waals surface area contributed by atoms with E-state index in [9.17, 15) is 24.8 Å². The summed E-state index contributed by atoms with van der Waals surface area (Å²) in [6, 6.07) is 5.05. The molecule has 0 spiro atoms. The Morgan fingerprint density at radius 2 is 2.26 bits per heavy atom. The predicted molar refractivity (Wildman–Crippen MR) is 79.8 cm³/mol. The van der Waals surface area contributed by atoms with Gasteiger partial charge in [-0.05, 0) is 12.0 Å². The van der Waals surface area contributed by atoms with E-state index in [0.717, 1.165) is 0 Å². The molecule has 1 aliphatic rings. The fourth-order valence-corrected chi connectivity index (χ4v) is 2.90. The van der Waals surface area contributed by atoms with Crippen LogP contribution in [0.25, 0.3) is 0 Å². The summed E-state index contributed by atoms with van der Waals surface area (Å²) in [6.07, 6.45) is 0.358. The zero-order chi connectivity index (χ0) is 17.0. The Morgan fingerprint density at radius 1 is 1.52 bits per heavy atom. The van der Waals surface area contributed by atoms with Crippen LogP contribution in [-0.2, 0) is 14.3 Å². The van der Waals surface area contributed by atoms with Crippen molar-refractivity contribution < 1.29 is 24.4 Å². The van der Waals surface area contributed by atoms with E-state index in [4.69, 9.17) is 4.74 Å². The van der Waals surface area contributed by atoms with Crippen molar-refractivity contribution in [1.29, 1.82) is 0 Å². The zero-order valence-corrected chi connectivity index (χ0v) is 12.7. The molecule has 0 saturated carbocycles. The molecule has 1 saturated heterocycles. The minimum atomic E-state index is -1.02. The van der Waals surface area contributed by atoms with Crippen LogP contribution >= 0.6 is 0 Å². The van der Waals surface area contributed by atoms with Crippen LogP contribution in [0, 0.1) is 16.0 Å². The first-order valence-electron chi connectivity index (χ1n) is 7.21. The van der Waals surface area contributed by atoms with E-state index in [-0.39, 0.29) is 37.6 Å². The van der Waals surface area contributed by atoms with Crippen molar-refractivity contribution >= 4 is 17.6 Å². The second-order valence-electron chi connectivity index (χ2n) is 5.36. The largest absolute Gasteiger partial charge is 0.481 e. The maximum atomic E-state index is 12.2. The minimum absolute atomic E-state index is 0.128. The Labute approximate surface area is 132 Å². The number of carbonyl (C=O) groups excluding carboxylic acids is 1. The third kappa shape index (κ3) is 3.65. The van der Waals surface area contributed by atoms with E-state index < -0.39 is 22.9 Å². The van der Waals surface area contributed by atoms with Gasteiger partial charge in [-0.15, -0.1) is 0 Å². The second kappa shape index (κ2) is 7.19. The molecule has 1 aliphatic heterocycles. The molecule has 0 bridgehead atoms. The maximum Gasteiger partial charge on any atom is 0.308 e. The van der Waals surface area contributed by atoms with E-state index in [1.807, 2.05) is 0 Å². The van der Waals surface area contributed by atoms with Crippen molar-refractivity contribution in [2.45, 2.75) is 18.9 Å². The summed E-state index contributed by atoms with van der Waals surface area (Å²) in [5.41, 5.74) is 0.326. The van der Waals surface area contributed by atoms with E-state index in [2.05, 4.69) is 0 Å². The van der Waals surface area contributed by atoms with Crippen LogP contribution in [0.15, 0.2) is 24.3 Å². The van der Waals surface area contributed by atoms with Crippen LogP contribution in [0.4, 0.5) is 5.69 Å². The molecule has 1 fully saturated rings. The second-order valence-corrected chi connectivity index (χ2v) is 5.36. The zero-order valence-electron chi connectivity index (χ0n) is 12.7. The molecule has 1 amide bonds. The van der Waals surface area contributed by atoms with Crippen LogP contribution in [-0.4, -0.2) is 47.1 Å². The summed E-state index contributed by atoms with van der Waals surface area (Å²) in [4.78, 5) is 35.7. The van der Waals surface area contributed by atoms with Gasteiger partial charge in [-0.2, -0.15) is 0 Å². The van der Waals surface area contributed by atoms with Gasteiger partial charge in [0.25, 0.3) is 5.69 Å². The average molecular weight is 322 g/mol. The van der Waals surface area contributed by atoms with Crippen molar-refractivity contribution in [2.75, 3.05) is 20.3 Å². The molecule has 1 N–H and O–H groups in total. The number of ether oxygens (including phenoxy) is 1. The number of carboxylic acid groups (broad SMARTS) is 1. The molecule has 0 radical (unpaired) electrons. The van der Waals surface area contributed by atoms with E-state index in [1.165, 1.54) is 30.2 Å². The summed E-state index contributed by atoms with van der Waals surface area (Å²) in [5.74, 6) is -1.99. The predicted octanol–water partition coefficient (Wildman–Crippen LogP) is 1.61. The van der Waals surface area contributed by atoms with Crippen LogP contribution < -0.4 is 0 Å². The van der Waals surface area contributed by atoms with Crippen LogP contribution in [0.1, 0.15) is 24.4 Å². The Bertz CT molecular complexity index is 618. The molecule has 0 aliphatic carbocycles. The summed E-state index contributed by atoms with van der Waals surface area (Å²) in [7, 11) is 1.49. The third-order valence-corrected chi connectivity index (χ3v) is 3.98. The van der Waals surface area contributed by atoms with Gasteiger partial charge in [-0.3, -0.25) is 19.7 Å². The molecule has 1 heterocycles. The van der Waals surface area contributed by atoms with Gasteiger partial charge < -0.3 is 14.7 Å². The molecule has 23 heavy (non-hydrogen) atoms. The molecular formula is C15H18N2O6. The number of hydrogen-bond acceptors (Lipinski definition) is 5. The first-order chi connectivity index (χ1) is 11.0. The molecule has 2 rings (SSSR count). The average Bonchev–Trinajstić information content (AvgIpc) is 2.53. The summed E-state index contributed by atoms with van der Waals surface area (Å²) in [6.45, 7) is 0.510. The van der Waals surface area contributed by atoms with Gasteiger partial charge >= 0.3 is 5.97 Å². The maximum absolute atomic E-state index is 12.2. The number of nitro benzene ring substituents is 1. The fraction of sp³-hybridized carbons (Fsp3) is 0.467. The normalized spacial score (nSPS) is 21.3. The topological polar surface area (TPSA) is 110 Å². The number of nitro groups is 1. The molecule has 0 unspecified atom stereocenters. The number of rotatable bonds is 6. The lowest BCUT2D eigenvalue weighted by Crippen LogP contribution is -2.46. The SMILES string of the molecule is COCCN1C(=O)CC[C@H](C(=O)O)[C@H]1c1cccc([N+](=O)[O-])c1. The van der Waals surface area contributed by atoms with Crippen molar-refractivity contribution in [3.63, 3.8) is 0 Å². The Hall–Kier alpha value is -2.48. The van der Waals surface area contributed by atoms with Gasteiger partial charge in [0, 0.05) is 32.2 Å². The molecule has 8 heteroatoms. The monoisotopic (exact) mass is 322 g/mol. The van der Waals surface area contributed by atoms with Crippen LogP contribution in [0.2, 0.25) is 0 Å². The van der Waals surface area contributed by atoms with E-state index in [0.29, 0.717) is 5.56 Å². The molecular weight excluding hydrogens is 304 g/mol. The number of aliphatic carboxylic acids is 1. The number of likely N-dealkylation sites (tertiary alicyclic amines) is 1. The third-order valence-electron chi connectivity index (χ3n) is 3.98. The van der Waals surface area contributed by atoms with Gasteiger partial charge in [0.2, 0.25) is 5.91 Å². The smallest absolute Gasteiger partial charge is 0.308 e. The molecule has 0 aromatic heterocycles. The first-order valence-corrected chi connectivity index (χ1v) is 7.21. The summed E-state index contributed by atoms with van der Waals surface area (Å²) < 4.78 is 4.99. The number of benzene rings is 1. The minimum Gasteiger partial charge on any atom is -0.481 e. The van der Waals surface area contributed by atoms with Crippen molar-refractivity contribution in [3.8, 4) is 0 Å². The van der Waals surface area contributed by atoms with Gasteiger partial charge in [-0.25, -0.2) is 0 Å². The Balaban J connectivity index is 2.44. The lowest BCUT2D eigenvalue weighted by molar-refractivity contribution is -0.385. The fourth-order valence-electron chi connectivity index (χ4n) is 2.90. The highest BCUT2D eigenvalue weighted by atomic mass is 16.6. The van der Waals surface area contributed by atoms with Gasteiger partial charge in [0.05, 0.1) is 23.5 Å². The molecule has 124 valence electrons. The lowest BCUT2D eigenvalue weighted by atomic mass is 9.84. The highest BCUT2D eigenvalue weighted by Crippen LogP contribution is 2.37. The molecule has 2 atom stereocenters. The van der Waals surface area contributed by atoms with Crippen LogP contribution in [0.3, 0.4) is 0 Å². The highest BCUT2D eigenvalue weighted by molar-refractivity contribution is 5.81. The molecule has 1 aromatic carbocycles. The number of amides is 1. The molecule has 1 aromatic rings. The Kier molecular flexibility index (Phi) is 5.28. The number of hydrogen-bond donors (Lipinski definition) is 1. The number of nitrogens with zero attached hydrogens (tertiary/aromatic N) is 2. The number of carbonyl (C=O) groups is 2. The molecule has 8 nitrogen and oxygen atoms in total.